The topological polar surface area (TPSA) is 72.9 Å². The van der Waals surface area contributed by atoms with Crippen molar-refractivity contribution in [1.29, 1.82) is 0 Å². The van der Waals surface area contributed by atoms with Gasteiger partial charge < -0.3 is 11.1 Å². The van der Waals surface area contributed by atoms with Gasteiger partial charge in [0.25, 0.3) is 5.91 Å². The summed E-state index contributed by atoms with van der Waals surface area (Å²) in [6, 6.07) is 7.07. The molecule has 1 aromatic carbocycles. The number of thiocarbonyl (C=S) groups is 1. The number of hydrogen-bond acceptors (Lipinski definition) is 3. The summed E-state index contributed by atoms with van der Waals surface area (Å²) >= 11 is 4.87. The van der Waals surface area contributed by atoms with Crippen LogP contribution in [0.25, 0.3) is 0 Å². The maximum atomic E-state index is 12.1. The predicted octanol–water partition coefficient (Wildman–Crippen LogP) is 1.62. The van der Waals surface area contributed by atoms with Gasteiger partial charge in [0, 0.05) is 24.0 Å². The summed E-state index contributed by atoms with van der Waals surface area (Å²) in [5.41, 5.74) is 8.34. The van der Waals surface area contributed by atoms with Gasteiger partial charge in [-0.2, -0.15) is 5.10 Å². The van der Waals surface area contributed by atoms with Crippen molar-refractivity contribution in [2.24, 2.45) is 12.8 Å². The number of benzene rings is 1. The van der Waals surface area contributed by atoms with E-state index in [0.29, 0.717) is 16.2 Å². The monoisotopic (exact) mass is 274 g/mol. The molecule has 2 aromatic rings. The van der Waals surface area contributed by atoms with E-state index in [1.807, 2.05) is 6.92 Å². The van der Waals surface area contributed by atoms with E-state index >= 15 is 0 Å². The van der Waals surface area contributed by atoms with Crippen LogP contribution in [0, 0.1) is 6.92 Å². The molecular weight excluding hydrogens is 260 g/mol. The van der Waals surface area contributed by atoms with Crippen LogP contribution in [0.1, 0.15) is 21.6 Å². The lowest BCUT2D eigenvalue weighted by Gasteiger charge is -2.05. The molecule has 5 nitrogen and oxygen atoms in total. The van der Waals surface area contributed by atoms with Gasteiger partial charge >= 0.3 is 0 Å². The van der Waals surface area contributed by atoms with Crippen molar-refractivity contribution < 1.29 is 4.79 Å². The van der Waals surface area contributed by atoms with Gasteiger partial charge in [0.2, 0.25) is 0 Å². The largest absolute Gasteiger partial charge is 0.389 e. The van der Waals surface area contributed by atoms with E-state index in [9.17, 15) is 4.79 Å². The van der Waals surface area contributed by atoms with Crippen LogP contribution in [0.4, 0.5) is 5.69 Å². The SMILES string of the molecule is Cc1c(C(=O)Nc2ccc(C(N)=S)cc2)cnn1C. The number of hydrogen-bond donors (Lipinski definition) is 2. The van der Waals surface area contributed by atoms with E-state index in [2.05, 4.69) is 10.4 Å². The van der Waals surface area contributed by atoms with Gasteiger partial charge in [0.1, 0.15) is 4.99 Å². The molecule has 0 saturated carbocycles. The highest BCUT2D eigenvalue weighted by atomic mass is 32.1. The van der Waals surface area contributed by atoms with E-state index in [1.54, 1.807) is 42.2 Å². The Balaban J connectivity index is 2.15. The fraction of sp³-hybridized carbons (Fsp3) is 0.154. The molecule has 1 amide bonds. The van der Waals surface area contributed by atoms with Gasteiger partial charge in [-0.15, -0.1) is 0 Å². The second-order valence-electron chi connectivity index (χ2n) is 4.16. The van der Waals surface area contributed by atoms with Crippen LogP contribution in [0.15, 0.2) is 30.5 Å². The molecule has 0 radical (unpaired) electrons. The number of carbonyl (C=O) groups is 1. The van der Waals surface area contributed by atoms with Crippen LogP contribution in [0.3, 0.4) is 0 Å². The van der Waals surface area contributed by atoms with E-state index in [0.717, 1.165) is 11.3 Å². The fourth-order valence-electron chi connectivity index (χ4n) is 1.64. The van der Waals surface area contributed by atoms with Crippen molar-refractivity contribution in [3.63, 3.8) is 0 Å². The molecule has 1 aromatic heterocycles. The molecule has 0 bridgehead atoms. The molecule has 98 valence electrons. The molecular formula is C13H14N4OS. The van der Waals surface area contributed by atoms with Crippen molar-refractivity contribution in [3.8, 4) is 0 Å². The average Bonchev–Trinajstić information content (AvgIpc) is 2.70. The Bertz CT molecular complexity index is 631. The first-order chi connectivity index (χ1) is 8.99. The second kappa shape index (κ2) is 5.19. The van der Waals surface area contributed by atoms with Gasteiger partial charge in [-0.05, 0) is 31.2 Å². The third-order valence-electron chi connectivity index (χ3n) is 2.91. The molecule has 0 atom stereocenters. The van der Waals surface area contributed by atoms with E-state index < -0.39 is 0 Å². The number of carbonyl (C=O) groups excluding carboxylic acids is 1. The molecule has 2 rings (SSSR count). The summed E-state index contributed by atoms with van der Waals surface area (Å²) in [5.74, 6) is -0.186. The van der Waals surface area contributed by atoms with Crippen LogP contribution in [-0.4, -0.2) is 20.7 Å². The number of amides is 1. The van der Waals surface area contributed by atoms with Gasteiger partial charge in [-0.3, -0.25) is 9.48 Å². The molecule has 0 unspecified atom stereocenters. The summed E-state index contributed by atoms with van der Waals surface area (Å²) in [4.78, 5) is 12.4. The normalized spacial score (nSPS) is 10.2. The Morgan fingerprint density at radius 2 is 2.00 bits per heavy atom. The lowest BCUT2D eigenvalue weighted by Crippen LogP contribution is -2.13. The van der Waals surface area contributed by atoms with Gasteiger partial charge in [-0.25, -0.2) is 0 Å². The first kappa shape index (κ1) is 13.2. The molecule has 0 fully saturated rings. The lowest BCUT2D eigenvalue weighted by molar-refractivity contribution is 0.102. The Labute approximate surface area is 116 Å². The molecule has 0 aliphatic carbocycles. The molecule has 6 heteroatoms. The van der Waals surface area contributed by atoms with E-state index in [1.165, 1.54) is 0 Å². The third kappa shape index (κ3) is 2.79. The summed E-state index contributed by atoms with van der Waals surface area (Å²) < 4.78 is 1.66. The number of aryl methyl sites for hydroxylation is 1. The van der Waals surface area contributed by atoms with Crippen LogP contribution < -0.4 is 11.1 Å². The minimum Gasteiger partial charge on any atom is -0.389 e. The zero-order valence-corrected chi connectivity index (χ0v) is 11.5. The predicted molar refractivity (Wildman–Crippen MR) is 78.2 cm³/mol. The fourth-order valence-corrected chi connectivity index (χ4v) is 1.77. The number of aromatic nitrogens is 2. The van der Waals surface area contributed by atoms with Crippen LogP contribution in [0.2, 0.25) is 0 Å². The summed E-state index contributed by atoms with van der Waals surface area (Å²) in [6.45, 7) is 1.85. The van der Waals surface area contributed by atoms with Gasteiger partial charge in [0.15, 0.2) is 0 Å². The molecule has 0 aliphatic heterocycles. The van der Waals surface area contributed by atoms with Crippen molar-refractivity contribution in [3.05, 3.63) is 47.3 Å². The average molecular weight is 274 g/mol. The Kier molecular flexibility index (Phi) is 3.62. The number of nitrogens with zero attached hydrogens (tertiary/aromatic N) is 2. The lowest BCUT2D eigenvalue weighted by atomic mass is 10.2. The first-order valence-electron chi connectivity index (χ1n) is 5.69. The number of anilines is 1. The van der Waals surface area contributed by atoms with Crippen molar-refractivity contribution in [2.75, 3.05) is 5.32 Å². The Morgan fingerprint density at radius 1 is 1.37 bits per heavy atom. The maximum Gasteiger partial charge on any atom is 0.259 e. The standard InChI is InChI=1S/C13H14N4OS/c1-8-11(7-15-17(8)2)13(18)16-10-5-3-9(4-6-10)12(14)19/h3-7H,1-2H3,(H2,14,19)(H,16,18). The third-order valence-corrected chi connectivity index (χ3v) is 3.14. The zero-order chi connectivity index (χ0) is 14.0. The van der Waals surface area contributed by atoms with Crippen LogP contribution in [0.5, 0.6) is 0 Å². The quantitative estimate of drug-likeness (QED) is 0.834. The van der Waals surface area contributed by atoms with E-state index in [-0.39, 0.29) is 5.91 Å². The first-order valence-corrected chi connectivity index (χ1v) is 6.09. The zero-order valence-electron chi connectivity index (χ0n) is 10.7. The van der Waals surface area contributed by atoms with Gasteiger partial charge in [-0.1, -0.05) is 12.2 Å². The molecule has 0 spiro atoms. The molecule has 19 heavy (non-hydrogen) atoms. The van der Waals surface area contributed by atoms with Gasteiger partial charge in [0.05, 0.1) is 11.8 Å². The van der Waals surface area contributed by atoms with Crippen LogP contribution in [-0.2, 0) is 7.05 Å². The number of rotatable bonds is 3. The Morgan fingerprint density at radius 3 is 2.47 bits per heavy atom. The highest BCUT2D eigenvalue weighted by Crippen LogP contribution is 2.13. The molecule has 3 N–H and O–H groups in total. The number of nitrogens with two attached hydrogens (primary N) is 1. The summed E-state index contributed by atoms with van der Waals surface area (Å²) in [5, 5.41) is 6.84. The van der Waals surface area contributed by atoms with Crippen molar-refractivity contribution >= 4 is 28.8 Å². The second-order valence-corrected chi connectivity index (χ2v) is 4.60. The molecule has 0 saturated heterocycles. The summed E-state index contributed by atoms with van der Waals surface area (Å²) in [7, 11) is 1.79. The molecule has 0 aliphatic rings. The highest BCUT2D eigenvalue weighted by Gasteiger charge is 2.12. The van der Waals surface area contributed by atoms with Crippen molar-refractivity contribution in [2.45, 2.75) is 6.92 Å². The van der Waals surface area contributed by atoms with E-state index in [4.69, 9.17) is 18.0 Å². The number of nitrogens with one attached hydrogen (secondary N) is 1. The maximum absolute atomic E-state index is 12.1. The highest BCUT2D eigenvalue weighted by molar-refractivity contribution is 7.80. The van der Waals surface area contributed by atoms with Crippen LogP contribution >= 0.6 is 12.2 Å². The summed E-state index contributed by atoms with van der Waals surface area (Å²) in [6.07, 6.45) is 1.55. The molecule has 1 heterocycles. The minimum atomic E-state index is -0.186. The minimum absolute atomic E-state index is 0.186. The Hall–Kier alpha value is -2.21. The smallest absolute Gasteiger partial charge is 0.259 e. The van der Waals surface area contributed by atoms with Crippen molar-refractivity contribution in [1.82, 2.24) is 9.78 Å².